The van der Waals surface area contributed by atoms with Gasteiger partial charge in [-0.05, 0) is 61.9 Å². The molecule has 1 saturated heterocycles. The molecule has 1 aromatic heterocycles. The molecular weight excluding hydrogens is 352 g/mol. The largest absolute Gasteiger partial charge is 0.496 e. The van der Waals surface area contributed by atoms with Crippen molar-refractivity contribution in [3.63, 3.8) is 0 Å². The SMILES string of the molecule is COc1ccc2c(C)c(C)sc2c1CN1CCC[C@H](N)[C@@H]1c1ccccc1. The maximum atomic E-state index is 6.60. The molecule has 2 heterocycles. The van der Waals surface area contributed by atoms with Crippen LogP contribution in [0.3, 0.4) is 0 Å². The van der Waals surface area contributed by atoms with Gasteiger partial charge in [-0.2, -0.15) is 0 Å². The van der Waals surface area contributed by atoms with Crippen LogP contribution in [0.2, 0.25) is 0 Å². The Kier molecular flexibility index (Phi) is 5.22. The van der Waals surface area contributed by atoms with Gasteiger partial charge >= 0.3 is 0 Å². The van der Waals surface area contributed by atoms with Gasteiger partial charge in [-0.25, -0.2) is 0 Å². The standard InChI is InChI=1S/C23H28N2OS/c1-15-16(2)27-23-18(15)11-12-21(26-3)19(23)14-25-13-7-10-20(24)22(25)17-8-5-4-6-9-17/h4-6,8-9,11-12,20,22H,7,10,13-14,24H2,1-3H3/t20-,22-/m0/s1. The highest BCUT2D eigenvalue weighted by atomic mass is 32.1. The van der Waals surface area contributed by atoms with Crippen LogP contribution in [0.25, 0.3) is 10.1 Å². The average Bonchev–Trinajstić information content (AvgIpc) is 2.97. The number of fused-ring (bicyclic) bond motifs is 1. The van der Waals surface area contributed by atoms with Crippen molar-refractivity contribution in [3.8, 4) is 5.75 Å². The number of nitrogens with zero attached hydrogens (tertiary/aromatic N) is 1. The number of likely N-dealkylation sites (tertiary alicyclic amines) is 1. The number of ether oxygens (including phenoxy) is 1. The third-order valence-corrected chi connectivity index (χ3v) is 7.19. The number of benzene rings is 2. The Morgan fingerprint density at radius 1 is 1.15 bits per heavy atom. The number of nitrogens with two attached hydrogens (primary N) is 1. The number of aryl methyl sites for hydroxylation is 2. The van der Waals surface area contributed by atoms with E-state index >= 15 is 0 Å². The molecule has 1 aliphatic heterocycles. The Morgan fingerprint density at radius 3 is 2.67 bits per heavy atom. The van der Waals surface area contributed by atoms with Crippen molar-refractivity contribution in [2.24, 2.45) is 5.73 Å². The molecule has 3 nitrogen and oxygen atoms in total. The highest BCUT2D eigenvalue weighted by Gasteiger charge is 2.31. The predicted molar refractivity (Wildman–Crippen MR) is 115 cm³/mol. The molecule has 0 amide bonds. The lowest BCUT2D eigenvalue weighted by Crippen LogP contribution is -2.45. The highest BCUT2D eigenvalue weighted by molar-refractivity contribution is 7.19. The van der Waals surface area contributed by atoms with Crippen molar-refractivity contribution in [3.05, 3.63) is 64.0 Å². The Labute approximate surface area is 165 Å². The number of thiophene rings is 1. The van der Waals surface area contributed by atoms with E-state index in [1.165, 1.54) is 31.7 Å². The quantitative estimate of drug-likeness (QED) is 0.677. The summed E-state index contributed by atoms with van der Waals surface area (Å²) in [6, 6.07) is 15.5. The summed E-state index contributed by atoms with van der Waals surface area (Å²) < 4.78 is 7.12. The molecule has 142 valence electrons. The Hall–Kier alpha value is -1.88. The fraction of sp³-hybridized carbons (Fsp3) is 0.391. The zero-order valence-corrected chi connectivity index (χ0v) is 17.2. The van der Waals surface area contributed by atoms with E-state index in [2.05, 4.69) is 61.2 Å². The summed E-state index contributed by atoms with van der Waals surface area (Å²) in [6.45, 7) is 6.36. The molecule has 2 aromatic carbocycles. The Balaban J connectivity index is 1.76. The van der Waals surface area contributed by atoms with Crippen LogP contribution in [-0.2, 0) is 6.54 Å². The summed E-state index contributed by atoms with van der Waals surface area (Å²) >= 11 is 1.88. The molecule has 3 aromatic rings. The van der Waals surface area contributed by atoms with E-state index in [1.807, 2.05) is 11.3 Å². The second-order valence-corrected chi connectivity index (χ2v) is 8.76. The van der Waals surface area contributed by atoms with E-state index < -0.39 is 0 Å². The summed E-state index contributed by atoms with van der Waals surface area (Å²) in [7, 11) is 1.77. The van der Waals surface area contributed by atoms with Crippen LogP contribution >= 0.6 is 11.3 Å². The molecule has 4 rings (SSSR count). The molecule has 0 saturated carbocycles. The molecule has 0 unspecified atom stereocenters. The molecule has 0 bridgehead atoms. The van der Waals surface area contributed by atoms with Gasteiger partial charge in [0.2, 0.25) is 0 Å². The smallest absolute Gasteiger partial charge is 0.124 e. The van der Waals surface area contributed by atoms with Crippen molar-refractivity contribution in [1.29, 1.82) is 0 Å². The van der Waals surface area contributed by atoms with Gasteiger partial charge in [-0.3, -0.25) is 4.90 Å². The predicted octanol–water partition coefficient (Wildman–Crippen LogP) is 5.19. The van der Waals surface area contributed by atoms with E-state index in [4.69, 9.17) is 10.5 Å². The minimum Gasteiger partial charge on any atom is -0.496 e. The molecule has 27 heavy (non-hydrogen) atoms. The molecular formula is C23H28N2OS. The number of hydrogen-bond donors (Lipinski definition) is 1. The van der Waals surface area contributed by atoms with E-state index in [0.29, 0.717) is 0 Å². The maximum Gasteiger partial charge on any atom is 0.124 e. The molecule has 0 aliphatic carbocycles. The first-order valence-electron chi connectivity index (χ1n) is 9.70. The fourth-order valence-corrected chi connectivity index (χ4v) is 5.56. The van der Waals surface area contributed by atoms with Gasteiger partial charge in [-0.1, -0.05) is 30.3 Å². The van der Waals surface area contributed by atoms with Crippen LogP contribution in [-0.4, -0.2) is 24.6 Å². The third-order valence-electron chi connectivity index (χ3n) is 5.91. The summed E-state index contributed by atoms with van der Waals surface area (Å²) in [5.74, 6) is 0.981. The van der Waals surface area contributed by atoms with Crippen molar-refractivity contribution in [1.82, 2.24) is 4.90 Å². The third kappa shape index (κ3) is 3.38. The molecule has 1 fully saturated rings. The van der Waals surface area contributed by atoms with Crippen LogP contribution in [0.5, 0.6) is 5.75 Å². The normalized spacial score (nSPS) is 20.9. The van der Waals surface area contributed by atoms with Gasteiger partial charge in [0.1, 0.15) is 5.75 Å². The molecule has 0 radical (unpaired) electrons. The van der Waals surface area contributed by atoms with Gasteiger partial charge in [-0.15, -0.1) is 11.3 Å². The van der Waals surface area contributed by atoms with E-state index in [-0.39, 0.29) is 12.1 Å². The number of piperidine rings is 1. The summed E-state index contributed by atoms with van der Waals surface area (Å²) in [4.78, 5) is 3.93. The Bertz CT molecular complexity index is 934. The van der Waals surface area contributed by atoms with Crippen LogP contribution in [0.1, 0.15) is 40.5 Å². The molecule has 2 atom stereocenters. The first-order valence-corrected chi connectivity index (χ1v) is 10.5. The van der Waals surface area contributed by atoms with Crippen molar-refractivity contribution < 1.29 is 4.74 Å². The molecule has 0 spiro atoms. The minimum absolute atomic E-state index is 0.165. The van der Waals surface area contributed by atoms with Gasteiger partial charge in [0.25, 0.3) is 0 Å². The zero-order chi connectivity index (χ0) is 19.0. The number of rotatable bonds is 4. The molecule has 2 N–H and O–H groups in total. The summed E-state index contributed by atoms with van der Waals surface area (Å²) in [5, 5.41) is 1.35. The number of hydrogen-bond acceptors (Lipinski definition) is 4. The van der Waals surface area contributed by atoms with Gasteiger partial charge in [0.15, 0.2) is 0 Å². The maximum absolute atomic E-state index is 6.60. The topological polar surface area (TPSA) is 38.5 Å². The Morgan fingerprint density at radius 2 is 1.93 bits per heavy atom. The highest BCUT2D eigenvalue weighted by Crippen LogP contribution is 2.40. The molecule has 4 heteroatoms. The summed E-state index contributed by atoms with van der Waals surface area (Å²) in [5.41, 5.74) is 10.6. The van der Waals surface area contributed by atoms with Crippen LogP contribution in [0.15, 0.2) is 42.5 Å². The average molecular weight is 381 g/mol. The van der Waals surface area contributed by atoms with Crippen LogP contribution in [0, 0.1) is 13.8 Å². The van der Waals surface area contributed by atoms with Gasteiger partial charge in [0.05, 0.1) is 13.2 Å². The first kappa shape index (κ1) is 18.5. The minimum atomic E-state index is 0.165. The molecule has 1 aliphatic rings. The second kappa shape index (κ2) is 7.63. The fourth-order valence-electron chi connectivity index (χ4n) is 4.37. The van der Waals surface area contributed by atoms with Crippen LogP contribution in [0.4, 0.5) is 0 Å². The van der Waals surface area contributed by atoms with Crippen LogP contribution < -0.4 is 10.5 Å². The summed E-state index contributed by atoms with van der Waals surface area (Å²) in [6.07, 6.45) is 2.22. The van der Waals surface area contributed by atoms with Gasteiger partial charge in [0, 0.05) is 27.7 Å². The lowest BCUT2D eigenvalue weighted by atomic mass is 9.90. The first-order chi connectivity index (χ1) is 13.1. The lowest BCUT2D eigenvalue weighted by molar-refractivity contribution is 0.120. The lowest BCUT2D eigenvalue weighted by Gasteiger charge is -2.40. The van der Waals surface area contributed by atoms with E-state index in [9.17, 15) is 0 Å². The number of methoxy groups -OCH3 is 1. The zero-order valence-electron chi connectivity index (χ0n) is 16.4. The van der Waals surface area contributed by atoms with Crippen molar-refractivity contribution in [2.45, 2.75) is 45.3 Å². The second-order valence-electron chi connectivity index (χ2n) is 7.54. The van der Waals surface area contributed by atoms with Gasteiger partial charge < -0.3 is 10.5 Å². The van der Waals surface area contributed by atoms with Crippen molar-refractivity contribution in [2.75, 3.05) is 13.7 Å². The van der Waals surface area contributed by atoms with E-state index in [1.54, 1.807) is 7.11 Å². The monoisotopic (exact) mass is 380 g/mol. The van der Waals surface area contributed by atoms with Crippen molar-refractivity contribution >= 4 is 21.4 Å². The van der Waals surface area contributed by atoms with E-state index in [0.717, 1.165) is 31.7 Å².